The molecule has 0 saturated carbocycles. The van der Waals surface area contributed by atoms with Crippen LogP contribution in [0.4, 0.5) is 8.78 Å². The molecule has 0 spiro atoms. The lowest BCUT2D eigenvalue weighted by atomic mass is 10.2. The first-order valence-electron chi connectivity index (χ1n) is 4.73. The molecule has 0 aliphatic carbocycles. The molecule has 0 radical (unpaired) electrons. The number of aromatic nitrogens is 1. The van der Waals surface area contributed by atoms with Gasteiger partial charge in [0.05, 0.1) is 28.8 Å². The van der Waals surface area contributed by atoms with Crippen LogP contribution in [0.2, 0.25) is 0 Å². The third kappa shape index (κ3) is 3.70. The van der Waals surface area contributed by atoms with Crippen LogP contribution in [0.5, 0.6) is 0 Å². The van der Waals surface area contributed by atoms with Crippen molar-refractivity contribution in [3.05, 3.63) is 26.4 Å². The van der Waals surface area contributed by atoms with E-state index in [9.17, 15) is 13.6 Å². The van der Waals surface area contributed by atoms with Crippen LogP contribution >= 0.6 is 31.9 Å². The zero-order valence-electron chi connectivity index (χ0n) is 8.84. The van der Waals surface area contributed by atoms with Crippen LogP contribution in [-0.2, 0) is 16.0 Å². The fourth-order valence-corrected chi connectivity index (χ4v) is 2.11. The van der Waals surface area contributed by atoms with E-state index in [1.165, 1.54) is 0 Å². The van der Waals surface area contributed by atoms with Crippen molar-refractivity contribution in [1.29, 1.82) is 0 Å². The van der Waals surface area contributed by atoms with Gasteiger partial charge in [-0.05, 0) is 38.8 Å². The standard InChI is InChI=1S/C10H9Br2F2NO2/c1-2-17-7(16)3-6-9(12)8(11)5(4-15-6)10(13)14/h4,10H,2-3H2,1H3. The molecule has 0 aliphatic rings. The summed E-state index contributed by atoms with van der Waals surface area (Å²) in [5, 5.41) is 0. The van der Waals surface area contributed by atoms with Crippen molar-refractivity contribution in [2.75, 3.05) is 6.61 Å². The van der Waals surface area contributed by atoms with E-state index in [0.29, 0.717) is 10.2 Å². The number of alkyl halides is 2. The zero-order chi connectivity index (χ0) is 13.0. The van der Waals surface area contributed by atoms with Gasteiger partial charge in [0.25, 0.3) is 6.43 Å². The number of halogens is 4. The summed E-state index contributed by atoms with van der Waals surface area (Å²) >= 11 is 6.17. The number of hydrogen-bond donors (Lipinski definition) is 0. The van der Waals surface area contributed by atoms with E-state index in [0.717, 1.165) is 6.20 Å². The fraction of sp³-hybridized carbons (Fsp3) is 0.400. The molecule has 0 amide bonds. The Hall–Kier alpha value is -0.560. The van der Waals surface area contributed by atoms with E-state index in [4.69, 9.17) is 4.74 Å². The summed E-state index contributed by atoms with van der Waals surface area (Å²) < 4.78 is 30.4. The van der Waals surface area contributed by atoms with Crippen molar-refractivity contribution in [3.63, 3.8) is 0 Å². The summed E-state index contributed by atoms with van der Waals surface area (Å²) in [6, 6.07) is 0. The molecule has 17 heavy (non-hydrogen) atoms. The van der Waals surface area contributed by atoms with E-state index in [1.807, 2.05) is 0 Å². The third-order valence-corrected chi connectivity index (χ3v) is 4.15. The molecule has 7 heteroatoms. The van der Waals surface area contributed by atoms with Gasteiger partial charge in [0.2, 0.25) is 0 Å². The van der Waals surface area contributed by atoms with Gasteiger partial charge in [-0.25, -0.2) is 8.78 Å². The molecule has 0 atom stereocenters. The minimum absolute atomic E-state index is 0.0590. The van der Waals surface area contributed by atoms with Gasteiger partial charge in [0.15, 0.2) is 0 Å². The molecule has 94 valence electrons. The average Bonchev–Trinajstić information content (AvgIpc) is 2.25. The number of ether oxygens (including phenoxy) is 1. The quantitative estimate of drug-likeness (QED) is 0.757. The molecule has 0 unspecified atom stereocenters. The second kappa shape index (κ2) is 6.39. The Labute approximate surface area is 114 Å². The Morgan fingerprint density at radius 1 is 1.47 bits per heavy atom. The minimum Gasteiger partial charge on any atom is -0.466 e. The number of nitrogens with zero attached hydrogens (tertiary/aromatic N) is 1. The van der Waals surface area contributed by atoms with Crippen molar-refractivity contribution in [3.8, 4) is 0 Å². The molecule has 0 fully saturated rings. The molecule has 0 N–H and O–H groups in total. The van der Waals surface area contributed by atoms with Crippen molar-refractivity contribution >= 4 is 37.8 Å². The highest BCUT2D eigenvalue weighted by Gasteiger charge is 2.18. The molecule has 1 aromatic rings. The maximum atomic E-state index is 12.5. The summed E-state index contributed by atoms with van der Waals surface area (Å²) in [5.74, 6) is -0.447. The third-order valence-electron chi connectivity index (χ3n) is 1.91. The summed E-state index contributed by atoms with van der Waals surface area (Å²) in [4.78, 5) is 15.1. The maximum absolute atomic E-state index is 12.5. The number of pyridine rings is 1. The van der Waals surface area contributed by atoms with Crippen molar-refractivity contribution in [1.82, 2.24) is 4.98 Å². The van der Waals surface area contributed by atoms with Crippen LogP contribution in [0.25, 0.3) is 0 Å². The highest BCUT2D eigenvalue weighted by molar-refractivity contribution is 9.13. The molecular formula is C10H9Br2F2NO2. The molecular weight excluding hydrogens is 364 g/mol. The SMILES string of the molecule is CCOC(=O)Cc1ncc(C(F)F)c(Br)c1Br. The molecule has 1 rings (SSSR count). The van der Waals surface area contributed by atoms with Gasteiger partial charge >= 0.3 is 5.97 Å². The largest absolute Gasteiger partial charge is 0.466 e. The van der Waals surface area contributed by atoms with Gasteiger partial charge in [-0.1, -0.05) is 0 Å². The van der Waals surface area contributed by atoms with Crippen LogP contribution < -0.4 is 0 Å². The smallest absolute Gasteiger partial charge is 0.311 e. The van der Waals surface area contributed by atoms with Gasteiger partial charge in [-0.3, -0.25) is 9.78 Å². The monoisotopic (exact) mass is 371 g/mol. The lowest BCUT2D eigenvalue weighted by Gasteiger charge is -2.09. The highest BCUT2D eigenvalue weighted by atomic mass is 79.9. The Morgan fingerprint density at radius 2 is 2.12 bits per heavy atom. The molecule has 3 nitrogen and oxygen atoms in total. The molecule has 1 heterocycles. The van der Waals surface area contributed by atoms with Crippen LogP contribution in [0.3, 0.4) is 0 Å². The Morgan fingerprint density at radius 3 is 2.65 bits per heavy atom. The van der Waals surface area contributed by atoms with Crippen molar-refractivity contribution in [2.45, 2.75) is 19.8 Å². The van der Waals surface area contributed by atoms with Crippen LogP contribution in [0.1, 0.15) is 24.6 Å². The zero-order valence-corrected chi connectivity index (χ0v) is 12.0. The van der Waals surface area contributed by atoms with E-state index in [-0.39, 0.29) is 23.1 Å². The summed E-state index contributed by atoms with van der Waals surface area (Å²) in [6.45, 7) is 1.96. The lowest BCUT2D eigenvalue weighted by Crippen LogP contribution is -2.10. The summed E-state index contributed by atoms with van der Waals surface area (Å²) in [5.41, 5.74) is 0.143. The second-order valence-corrected chi connectivity index (χ2v) is 4.66. The number of esters is 1. The molecule has 0 saturated heterocycles. The van der Waals surface area contributed by atoms with E-state index < -0.39 is 12.4 Å². The Kier molecular flexibility index (Phi) is 5.45. The van der Waals surface area contributed by atoms with Crippen molar-refractivity contribution < 1.29 is 18.3 Å². The normalized spacial score (nSPS) is 10.7. The lowest BCUT2D eigenvalue weighted by molar-refractivity contribution is -0.142. The van der Waals surface area contributed by atoms with Gasteiger partial charge in [-0.2, -0.15) is 0 Å². The van der Waals surface area contributed by atoms with Gasteiger partial charge in [-0.15, -0.1) is 0 Å². The highest BCUT2D eigenvalue weighted by Crippen LogP contribution is 2.34. The number of rotatable bonds is 4. The first-order chi connectivity index (χ1) is 7.97. The number of carbonyl (C=O) groups excluding carboxylic acids is 1. The molecule has 0 bridgehead atoms. The Bertz CT molecular complexity index is 427. The molecule has 0 aromatic carbocycles. The minimum atomic E-state index is -2.62. The van der Waals surface area contributed by atoms with Crippen LogP contribution in [0, 0.1) is 0 Å². The molecule has 0 aliphatic heterocycles. The second-order valence-electron chi connectivity index (χ2n) is 3.07. The van der Waals surface area contributed by atoms with Crippen LogP contribution in [-0.4, -0.2) is 17.6 Å². The fourth-order valence-electron chi connectivity index (χ4n) is 1.14. The van der Waals surface area contributed by atoms with E-state index >= 15 is 0 Å². The van der Waals surface area contributed by atoms with Crippen molar-refractivity contribution in [2.24, 2.45) is 0 Å². The van der Waals surface area contributed by atoms with E-state index in [1.54, 1.807) is 6.92 Å². The summed E-state index contributed by atoms with van der Waals surface area (Å²) in [7, 11) is 0. The van der Waals surface area contributed by atoms with E-state index in [2.05, 4.69) is 36.8 Å². The number of carbonyl (C=O) groups is 1. The first-order valence-corrected chi connectivity index (χ1v) is 6.32. The maximum Gasteiger partial charge on any atom is 0.311 e. The predicted molar refractivity (Wildman–Crippen MR) is 64.9 cm³/mol. The topological polar surface area (TPSA) is 39.2 Å². The van der Waals surface area contributed by atoms with Crippen LogP contribution in [0.15, 0.2) is 15.1 Å². The average molecular weight is 373 g/mol. The van der Waals surface area contributed by atoms with Gasteiger partial charge in [0.1, 0.15) is 0 Å². The Balaban J connectivity index is 2.96. The van der Waals surface area contributed by atoms with Gasteiger partial charge in [0, 0.05) is 10.7 Å². The summed E-state index contributed by atoms with van der Waals surface area (Å²) in [6.07, 6.45) is -1.63. The number of hydrogen-bond acceptors (Lipinski definition) is 3. The molecule has 1 aromatic heterocycles. The predicted octanol–water partition coefficient (Wildman–Crippen LogP) is 3.65. The first kappa shape index (κ1) is 14.5. The van der Waals surface area contributed by atoms with Gasteiger partial charge < -0.3 is 4.74 Å².